The van der Waals surface area contributed by atoms with Gasteiger partial charge in [-0.3, -0.25) is 9.59 Å². The predicted octanol–water partition coefficient (Wildman–Crippen LogP) is 4.98. The zero-order valence-corrected chi connectivity index (χ0v) is 16.0. The maximum Gasteiger partial charge on any atom is 0.308 e. The van der Waals surface area contributed by atoms with Crippen molar-refractivity contribution in [3.63, 3.8) is 0 Å². The van der Waals surface area contributed by atoms with Crippen LogP contribution in [0.15, 0.2) is 33.7 Å². The number of ether oxygens (including phenoxy) is 2. The zero-order valence-electron chi connectivity index (χ0n) is 14.3. The molecule has 2 heterocycles. The van der Waals surface area contributed by atoms with Gasteiger partial charge >= 0.3 is 11.9 Å². The van der Waals surface area contributed by atoms with Crippen molar-refractivity contribution in [2.24, 2.45) is 5.92 Å². The van der Waals surface area contributed by atoms with Crippen molar-refractivity contribution in [3.8, 4) is 0 Å². The Morgan fingerprint density at radius 1 is 1.04 bits per heavy atom. The van der Waals surface area contributed by atoms with Gasteiger partial charge in [-0.15, -0.1) is 0 Å². The van der Waals surface area contributed by atoms with E-state index in [0.29, 0.717) is 6.42 Å². The Bertz CT molecular complexity index is 577. The summed E-state index contributed by atoms with van der Waals surface area (Å²) >= 11 is 3.31. The van der Waals surface area contributed by atoms with Crippen molar-refractivity contribution in [2.45, 2.75) is 40.0 Å². The molecule has 0 saturated carbocycles. The molecule has 0 fully saturated rings. The van der Waals surface area contributed by atoms with E-state index in [0.717, 1.165) is 19.3 Å². The molecule has 0 amide bonds. The first-order chi connectivity index (χ1) is 11.6. The number of methoxy groups -OCH3 is 2. The van der Waals surface area contributed by atoms with Gasteiger partial charge in [0.1, 0.15) is 0 Å². The highest BCUT2D eigenvalue weighted by atomic mass is 32.1. The van der Waals surface area contributed by atoms with Gasteiger partial charge in [0.05, 0.1) is 20.1 Å². The molecule has 0 N–H and O–H groups in total. The third-order valence-corrected chi connectivity index (χ3v) is 4.98. The van der Waals surface area contributed by atoms with Crippen LogP contribution in [0, 0.1) is 5.92 Å². The molecule has 2 rings (SSSR count). The number of esters is 2. The fourth-order valence-electron chi connectivity index (χ4n) is 2.04. The zero-order chi connectivity index (χ0) is 17.8. The summed E-state index contributed by atoms with van der Waals surface area (Å²) in [6, 6.07) is 4.07. The Hall–Kier alpha value is -1.66. The summed E-state index contributed by atoms with van der Waals surface area (Å²) in [5.41, 5.74) is 2.43. The van der Waals surface area contributed by atoms with E-state index in [9.17, 15) is 9.59 Å². The molecular formula is C19H28O4S2. The molecule has 1 unspecified atom stereocenters. The summed E-state index contributed by atoms with van der Waals surface area (Å²) in [5, 5.41) is 8.15. The van der Waals surface area contributed by atoms with Crippen LogP contribution in [-0.2, 0) is 31.9 Å². The van der Waals surface area contributed by atoms with E-state index in [1.54, 1.807) is 22.7 Å². The van der Waals surface area contributed by atoms with Crippen LogP contribution in [0.3, 0.4) is 0 Å². The first-order valence-electron chi connectivity index (χ1n) is 7.77. The van der Waals surface area contributed by atoms with Gasteiger partial charge in [0.15, 0.2) is 0 Å². The van der Waals surface area contributed by atoms with E-state index in [-0.39, 0.29) is 25.3 Å². The SMILES string of the molecule is C.CCC(Cc1ccsc1)C(=O)OC.COC(=O)CCc1ccsc1. The Labute approximate surface area is 158 Å². The van der Waals surface area contributed by atoms with Gasteiger partial charge in [-0.25, -0.2) is 0 Å². The first kappa shape index (κ1) is 23.3. The molecule has 0 saturated heterocycles. The normalized spacial score (nSPS) is 10.7. The third kappa shape index (κ3) is 9.41. The number of hydrogen-bond donors (Lipinski definition) is 0. The number of aryl methyl sites for hydroxylation is 1. The van der Waals surface area contributed by atoms with Gasteiger partial charge < -0.3 is 9.47 Å². The number of hydrogen-bond acceptors (Lipinski definition) is 6. The smallest absolute Gasteiger partial charge is 0.308 e. The second kappa shape index (κ2) is 13.6. The lowest BCUT2D eigenvalue weighted by Crippen LogP contribution is -2.17. The molecule has 6 heteroatoms. The molecule has 0 spiro atoms. The van der Waals surface area contributed by atoms with Gasteiger partial charge in [0, 0.05) is 6.42 Å². The second-order valence-electron chi connectivity index (χ2n) is 5.17. The summed E-state index contributed by atoms with van der Waals surface area (Å²) in [4.78, 5) is 21.9. The Balaban J connectivity index is 0.000000449. The molecule has 140 valence electrons. The Morgan fingerprint density at radius 3 is 2.08 bits per heavy atom. The Kier molecular flexibility index (Phi) is 12.7. The highest BCUT2D eigenvalue weighted by molar-refractivity contribution is 7.08. The predicted molar refractivity (Wildman–Crippen MR) is 105 cm³/mol. The fraction of sp³-hybridized carbons (Fsp3) is 0.474. The lowest BCUT2D eigenvalue weighted by atomic mass is 9.99. The van der Waals surface area contributed by atoms with Crippen LogP contribution >= 0.6 is 22.7 Å². The lowest BCUT2D eigenvalue weighted by molar-refractivity contribution is -0.145. The molecule has 2 aromatic heterocycles. The maximum absolute atomic E-state index is 11.3. The molecule has 0 aliphatic rings. The molecule has 4 nitrogen and oxygen atoms in total. The molecule has 0 bridgehead atoms. The van der Waals surface area contributed by atoms with Crippen LogP contribution in [-0.4, -0.2) is 26.2 Å². The van der Waals surface area contributed by atoms with Crippen LogP contribution in [0.2, 0.25) is 0 Å². The molecule has 0 aliphatic carbocycles. The summed E-state index contributed by atoms with van der Waals surface area (Å²) in [5.74, 6) is -0.232. The van der Waals surface area contributed by atoms with Crippen molar-refractivity contribution in [2.75, 3.05) is 14.2 Å². The van der Waals surface area contributed by atoms with Crippen LogP contribution in [0.25, 0.3) is 0 Å². The van der Waals surface area contributed by atoms with Crippen molar-refractivity contribution >= 4 is 34.6 Å². The average Bonchev–Trinajstić information content (AvgIpc) is 3.31. The van der Waals surface area contributed by atoms with Gasteiger partial charge in [0.25, 0.3) is 0 Å². The van der Waals surface area contributed by atoms with Crippen molar-refractivity contribution < 1.29 is 19.1 Å². The van der Waals surface area contributed by atoms with Gasteiger partial charge in [-0.2, -0.15) is 22.7 Å². The second-order valence-corrected chi connectivity index (χ2v) is 6.73. The highest BCUT2D eigenvalue weighted by Crippen LogP contribution is 2.15. The summed E-state index contributed by atoms with van der Waals surface area (Å²) in [7, 11) is 2.86. The van der Waals surface area contributed by atoms with Crippen LogP contribution < -0.4 is 0 Å². The summed E-state index contributed by atoms with van der Waals surface area (Å²) in [6.45, 7) is 2.01. The average molecular weight is 385 g/mol. The van der Waals surface area contributed by atoms with Gasteiger partial charge in [0.2, 0.25) is 0 Å². The van der Waals surface area contributed by atoms with Crippen LogP contribution in [0.1, 0.15) is 38.3 Å². The fourth-order valence-corrected chi connectivity index (χ4v) is 3.42. The van der Waals surface area contributed by atoms with Crippen molar-refractivity contribution in [1.82, 2.24) is 0 Å². The highest BCUT2D eigenvalue weighted by Gasteiger charge is 2.17. The minimum atomic E-state index is -0.142. The Morgan fingerprint density at radius 2 is 1.64 bits per heavy atom. The standard InChI is InChI=1S/C10H14O2S.C8H10O2S.CH4/c1-3-9(10(11)12-2)6-8-4-5-13-7-8;1-10-8(9)3-2-7-4-5-11-6-7;/h4-5,7,9H,3,6H2,1-2H3;4-6H,2-3H2,1H3;1H4. The number of thiophene rings is 2. The molecule has 2 aromatic rings. The quantitative estimate of drug-likeness (QED) is 0.632. The molecule has 0 aliphatic heterocycles. The minimum Gasteiger partial charge on any atom is -0.469 e. The summed E-state index contributed by atoms with van der Waals surface area (Å²) < 4.78 is 9.23. The third-order valence-electron chi connectivity index (χ3n) is 3.52. The van der Waals surface area contributed by atoms with E-state index in [2.05, 4.69) is 16.2 Å². The minimum absolute atomic E-state index is 0. The molecular weight excluding hydrogens is 356 g/mol. The molecule has 1 atom stereocenters. The maximum atomic E-state index is 11.3. The monoisotopic (exact) mass is 384 g/mol. The largest absolute Gasteiger partial charge is 0.469 e. The van der Waals surface area contributed by atoms with Crippen LogP contribution in [0.4, 0.5) is 0 Å². The number of rotatable bonds is 7. The van der Waals surface area contributed by atoms with Gasteiger partial charge in [-0.1, -0.05) is 14.4 Å². The lowest BCUT2D eigenvalue weighted by Gasteiger charge is -2.10. The molecule has 25 heavy (non-hydrogen) atoms. The molecule has 0 radical (unpaired) electrons. The van der Waals surface area contributed by atoms with Gasteiger partial charge in [-0.05, 0) is 64.0 Å². The number of carbonyl (C=O) groups is 2. The van der Waals surface area contributed by atoms with E-state index in [4.69, 9.17) is 4.74 Å². The van der Waals surface area contributed by atoms with E-state index in [1.807, 2.05) is 29.1 Å². The first-order valence-corrected chi connectivity index (χ1v) is 9.66. The van der Waals surface area contributed by atoms with E-state index in [1.165, 1.54) is 25.3 Å². The van der Waals surface area contributed by atoms with Crippen LogP contribution in [0.5, 0.6) is 0 Å². The molecule has 0 aromatic carbocycles. The van der Waals surface area contributed by atoms with Crippen molar-refractivity contribution in [3.05, 3.63) is 44.8 Å². The summed E-state index contributed by atoms with van der Waals surface area (Å²) in [6.07, 6.45) is 2.90. The van der Waals surface area contributed by atoms with E-state index < -0.39 is 0 Å². The van der Waals surface area contributed by atoms with Crippen molar-refractivity contribution in [1.29, 1.82) is 0 Å². The number of carbonyl (C=O) groups excluding carboxylic acids is 2. The van der Waals surface area contributed by atoms with E-state index >= 15 is 0 Å². The topological polar surface area (TPSA) is 52.6 Å².